The summed E-state index contributed by atoms with van der Waals surface area (Å²) in [6, 6.07) is 0.603. The number of likely N-dealkylation sites (N-methyl/N-ethyl adjacent to an activating group) is 1. The third kappa shape index (κ3) is 4.09. The first-order chi connectivity index (χ1) is 7.15. The highest BCUT2D eigenvalue weighted by molar-refractivity contribution is 4.75. The molecule has 0 aromatic rings. The molecule has 1 saturated heterocycles. The topological polar surface area (TPSA) is 38.5 Å². The molecule has 0 spiro atoms. The average molecular weight is 214 g/mol. The van der Waals surface area contributed by atoms with Gasteiger partial charge in [-0.2, -0.15) is 0 Å². The highest BCUT2D eigenvalue weighted by Gasteiger charge is 2.21. The van der Waals surface area contributed by atoms with E-state index in [0.29, 0.717) is 18.5 Å². The second-order valence-corrected chi connectivity index (χ2v) is 4.98. The van der Waals surface area contributed by atoms with Gasteiger partial charge in [-0.1, -0.05) is 20.3 Å². The Labute approximate surface area is 94.0 Å². The van der Waals surface area contributed by atoms with Gasteiger partial charge in [0.15, 0.2) is 0 Å². The number of nitrogens with zero attached hydrogens (tertiary/aromatic N) is 1. The van der Waals surface area contributed by atoms with Gasteiger partial charge in [-0.3, -0.25) is 0 Å². The van der Waals surface area contributed by atoms with Crippen molar-refractivity contribution in [2.45, 2.75) is 45.3 Å². The van der Waals surface area contributed by atoms with Crippen molar-refractivity contribution < 1.29 is 4.74 Å². The van der Waals surface area contributed by atoms with Crippen LogP contribution in [0.5, 0.6) is 0 Å². The minimum absolute atomic E-state index is 0.223. The van der Waals surface area contributed by atoms with E-state index >= 15 is 0 Å². The van der Waals surface area contributed by atoms with Gasteiger partial charge in [0, 0.05) is 12.6 Å². The first kappa shape index (κ1) is 12.9. The van der Waals surface area contributed by atoms with E-state index < -0.39 is 0 Å². The number of nitrogens with two attached hydrogens (primary N) is 1. The Morgan fingerprint density at radius 1 is 1.40 bits per heavy atom. The lowest BCUT2D eigenvalue weighted by atomic mass is 10.0. The molecule has 0 aliphatic carbocycles. The summed E-state index contributed by atoms with van der Waals surface area (Å²) >= 11 is 0. The third-order valence-corrected chi connectivity index (χ3v) is 3.40. The van der Waals surface area contributed by atoms with E-state index in [4.69, 9.17) is 10.5 Å². The van der Waals surface area contributed by atoms with Crippen molar-refractivity contribution in [2.75, 3.05) is 26.7 Å². The van der Waals surface area contributed by atoms with E-state index in [9.17, 15) is 0 Å². The van der Waals surface area contributed by atoms with Crippen LogP contribution in [0.25, 0.3) is 0 Å². The molecular weight excluding hydrogens is 188 g/mol. The number of piperidine rings is 1. The van der Waals surface area contributed by atoms with Gasteiger partial charge in [0.05, 0.1) is 12.7 Å². The van der Waals surface area contributed by atoms with Gasteiger partial charge < -0.3 is 15.4 Å². The molecule has 3 heteroatoms. The predicted molar refractivity (Wildman–Crippen MR) is 63.9 cm³/mol. The van der Waals surface area contributed by atoms with E-state index in [1.54, 1.807) is 0 Å². The van der Waals surface area contributed by atoms with Crippen LogP contribution in [0, 0.1) is 5.92 Å². The molecule has 0 radical (unpaired) electrons. The smallest absolute Gasteiger partial charge is 0.0720 e. The molecule has 0 saturated carbocycles. The van der Waals surface area contributed by atoms with Crippen molar-refractivity contribution >= 4 is 0 Å². The predicted octanol–water partition coefficient (Wildman–Crippen LogP) is 1.47. The molecule has 0 aromatic heterocycles. The summed E-state index contributed by atoms with van der Waals surface area (Å²) in [4.78, 5) is 2.41. The van der Waals surface area contributed by atoms with Crippen LogP contribution in [0.4, 0.5) is 0 Å². The average Bonchev–Trinajstić information content (AvgIpc) is 2.21. The lowest BCUT2D eigenvalue weighted by Crippen LogP contribution is -2.41. The fraction of sp³-hybridized carbons (Fsp3) is 1.00. The summed E-state index contributed by atoms with van der Waals surface area (Å²) in [6.07, 6.45) is 4.16. The molecule has 3 nitrogen and oxygen atoms in total. The Kier molecular flexibility index (Phi) is 5.58. The van der Waals surface area contributed by atoms with Crippen LogP contribution in [0.15, 0.2) is 0 Å². The zero-order valence-electron chi connectivity index (χ0n) is 10.4. The molecule has 2 N–H and O–H groups in total. The molecular formula is C12H26N2O. The van der Waals surface area contributed by atoms with Crippen LogP contribution < -0.4 is 5.73 Å². The van der Waals surface area contributed by atoms with Crippen LogP contribution in [-0.2, 0) is 4.74 Å². The zero-order chi connectivity index (χ0) is 11.3. The van der Waals surface area contributed by atoms with Crippen molar-refractivity contribution in [3.8, 4) is 0 Å². The Morgan fingerprint density at radius 2 is 2.13 bits per heavy atom. The lowest BCUT2D eigenvalue weighted by molar-refractivity contribution is -0.0124. The maximum Gasteiger partial charge on any atom is 0.0720 e. The number of hydrogen-bond acceptors (Lipinski definition) is 3. The first-order valence-corrected chi connectivity index (χ1v) is 6.17. The van der Waals surface area contributed by atoms with Gasteiger partial charge in [-0.15, -0.1) is 0 Å². The second kappa shape index (κ2) is 6.46. The van der Waals surface area contributed by atoms with E-state index in [1.165, 1.54) is 25.8 Å². The summed E-state index contributed by atoms with van der Waals surface area (Å²) in [5.74, 6) is 0.517. The molecule has 2 atom stereocenters. The van der Waals surface area contributed by atoms with Gasteiger partial charge in [0.1, 0.15) is 0 Å². The zero-order valence-corrected chi connectivity index (χ0v) is 10.4. The first-order valence-electron chi connectivity index (χ1n) is 6.17. The summed E-state index contributed by atoms with van der Waals surface area (Å²) < 4.78 is 5.90. The summed E-state index contributed by atoms with van der Waals surface area (Å²) in [7, 11) is 2.19. The molecule has 90 valence electrons. The van der Waals surface area contributed by atoms with Crippen molar-refractivity contribution in [3.05, 3.63) is 0 Å². The quantitative estimate of drug-likeness (QED) is 0.753. The normalized spacial score (nSPS) is 25.8. The maximum absolute atomic E-state index is 5.90. The molecule has 0 bridgehead atoms. The van der Waals surface area contributed by atoms with Gasteiger partial charge in [-0.05, 0) is 32.4 Å². The Morgan fingerprint density at radius 3 is 2.67 bits per heavy atom. The fourth-order valence-corrected chi connectivity index (χ4v) is 2.12. The highest BCUT2D eigenvalue weighted by Crippen LogP contribution is 2.16. The molecule has 1 heterocycles. The van der Waals surface area contributed by atoms with Crippen LogP contribution in [0.2, 0.25) is 0 Å². The van der Waals surface area contributed by atoms with E-state index in [1.807, 2.05) is 0 Å². The van der Waals surface area contributed by atoms with Crippen molar-refractivity contribution in [1.82, 2.24) is 4.90 Å². The van der Waals surface area contributed by atoms with E-state index in [0.717, 1.165) is 6.61 Å². The van der Waals surface area contributed by atoms with Crippen LogP contribution in [0.1, 0.15) is 33.1 Å². The number of ether oxygens (including phenoxy) is 1. The van der Waals surface area contributed by atoms with Gasteiger partial charge in [-0.25, -0.2) is 0 Å². The van der Waals surface area contributed by atoms with Crippen LogP contribution >= 0.6 is 0 Å². The summed E-state index contributed by atoms with van der Waals surface area (Å²) in [5, 5.41) is 0. The molecule has 1 fully saturated rings. The molecule has 0 amide bonds. The third-order valence-electron chi connectivity index (χ3n) is 3.40. The van der Waals surface area contributed by atoms with Crippen molar-refractivity contribution in [3.63, 3.8) is 0 Å². The number of hydrogen-bond donors (Lipinski definition) is 1. The SMILES string of the molecule is CC(C)C(CN)OCC1CCCCN1C. The summed E-state index contributed by atoms with van der Waals surface area (Å²) in [5.41, 5.74) is 5.69. The standard InChI is InChI=1S/C12H26N2O/c1-10(2)12(8-13)15-9-11-6-4-5-7-14(11)3/h10-12H,4-9,13H2,1-3H3. The van der Waals surface area contributed by atoms with Gasteiger partial charge in [0.25, 0.3) is 0 Å². The Hall–Kier alpha value is -0.120. The maximum atomic E-state index is 5.90. The van der Waals surface area contributed by atoms with E-state index in [-0.39, 0.29) is 6.10 Å². The Bertz CT molecular complexity index is 173. The molecule has 2 unspecified atom stereocenters. The van der Waals surface area contributed by atoms with Gasteiger partial charge >= 0.3 is 0 Å². The fourth-order valence-electron chi connectivity index (χ4n) is 2.12. The lowest BCUT2D eigenvalue weighted by Gasteiger charge is -2.33. The highest BCUT2D eigenvalue weighted by atomic mass is 16.5. The minimum atomic E-state index is 0.223. The molecule has 1 aliphatic heterocycles. The second-order valence-electron chi connectivity index (χ2n) is 4.98. The molecule has 1 aliphatic rings. The molecule has 15 heavy (non-hydrogen) atoms. The van der Waals surface area contributed by atoms with Crippen molar-refractivity contribution in [1.29, 1.82) is 0 Å². The molecule has 0 aromatic carbocycles. The minimum Gasteiger partial charge on any atom is -0.375 e. The van der Waals surface area contributed by atoms with Gasteiger partial charge in [0.2, 0.25) is 0 Å². The summed E-state index contributed by atoms with van der Waals surface area (Å²) in [6.45, 7) is 7.03. The van der Waals surface area contributed by atoms with Crippen LogP contribution in [0.3, 0.4) is 0 Å². The number of likely N-dealkylation sites (tertiary alicyclic amines) is 1. The largest absolute Gasteiger partial charge is 0.375 e. The monoisotopic (exact) mass is 214 g/mol. The molecule has 1 rings (SSSR count). The Balaban J connectivity index is 2.27. The van der Waals surface area contributed by atoms with E-state index in [2.05, 4.69) is 25.8 Å². The van der Waals surface area contributed by atoms with Crippen LogP contribution in [-0.4, -0.2) is 43.8 Å². The van der Waals surface area contributed by atoms with Crippen molar-refractivity contribution in [2.24, 2.45) is 11.7 Å². The number of rotatable bonds is 5.